The molecule has 3 rings (SSSR count). The van der Waals surface area contributed by atoms with Crippen LogP contribution in [0.3, 0.4) is 0 Å². The monoisotopic (exact) mass is 331 g/mol. The lowest BCUT2D eigenvalue weighted by Crippen LogP contribution is -2.35. The molecular weight excluding hydrogens is 318 g/mol. The van der Waals surface area contributed by atoms with Gasteiger partial charge in [-0.1, -0.05) is 18.2 Å². The number of aliphatic imine (C=N–C) groups is 1. The van der Waals surface area contributed by atoms with Gasteiger partial charge in [0.2, 0.25) is 0 Å². The average Bonchev–Trinajstić information content (AvgIpc) is 2.88. The Kier molecular flexibility index (Phi) is 3.85. The van der Waals surface area contributed by atoms with Gasteiger partial charge in [0.25, 0.3) is 16.0 Å². The first-order valence-corrected chi connectivity index (χ1v) is 8.17. The zero-order chi connectivity index (χ0) is 16.4. The minimum atomic E-state index is -4.26. The van der Waals surface area contributed by atoms with Crippen LogP contribution in [0.4, 0.5) is 11.4 Å². The summed E-state index contributed by atoms with van der Waals surface area (Å²) in [7, 11) is -4.26. The maximum atomic E-state index is 12.1. The molecule has 1 aliphatic rings. The normalized spacial score (nSPS) is 16.7. The van der Waals surface area contributed by atoms with Gasteiger partial charge in [-0.15, -0.1) is 0 Å². The van der Waals surface area contributed by atoms with Gasteiger partial charge in [-0.2, -0.15) is 8.42 Å². The molecule has 2 aromatic carbocycles. The van der Waals surface area contributed by atoms with Gasteiger partial charge in [0.1, 0.15) is 5.84 Å². The second kappa shape index (κ2) is 5.82. The topological polar surface area (TPSA) is 99.1 Å². The molecule has 0 atom stereocenters. The summed E-state index contributed by atoms with van der Waals surface area (Å²) in [5.41, 5.74) is 4.07. The fourth-order valence-corrected chi connectivity index (χ4v) is 2.63. The van der Waals surface area contributed by atoms with Crippen LogP contribution in [0.1, 0.15) is 6.42 Å². The number of nitrogens with one attached hydrogen (secondary N) is 1. The third kappa shape index (κ3) is 3.38. The molecule has 0 bridgehead atoms. The zero-order valence-corrected chi connectivity index (χ0v) is 12.7. The van der Waals surface area contributed by atoms with Crippen LogP contribution in [-0.2, 0) is 14.9 Å². The number of para-hydroxylation sites is 1. The molecule has 0 aromatic heterocycles. The van der Waals surface area contributed by atoms with Crippen LogP contribution in [0, 0.1) is 0 Å². The molecule has 0 unspecified atom stereocenters. The minimum Gasteiger partial charge on any atom is -0.282 e. The second-order valence-electron chi connectivity index (χ2n) is 4.88. The highest BCUT2D eigenvalue weighted by molar-refractivity contribution is 7.85. The molecule has 1 amide bonds. The molecule has 23 heavy (non-hydrogen) atoms. The molecule has 0 spiro atoms. The number of anilines is 1. The van der Waals surface area contributed by atoms with Gasteiger partial charge in [0, 0.05) is 0 Å². The third-order valence-corrected chi connectivity index (χ3v) is 4.09. The van der Waals surface area contributed by atoms with Crippen molar-refractivity contribution in [3.63, 3.8) is 0 Å². The van der Waals surface area contributed by atoms with E-state index < -0.39 is 10.1 Å². The van der Waals surface area contributed by atoms with E-state index in [2.05, 4.69) is 10.4 Å². The van der Waals surface area contributed by atoms with Gasteiger partial charge in [0.05, 0.1) is 22.7 Å². The standard InChI is InChI=1S/C15H13N3O4S/c19-15-10-14(16-11-4-2-1-3-5-11)17-18(15)12-6-8-13(9-7-12)23(20,21)22/h1-9H,10H2,(H,16,17)(H,20,21,22). The molecule has 1 aliphatic heterocycles. The number of benzene rings is 2. The number of rotatable bonds is 3. The highest BCUT2D eigenvalue weighted by Gasteiger charge is 2.27. The average molecular weight is 331 g/mol. The lowest BCUT2D eigenvalue weighted by Gasteiger charge is -2.16. The SMILES string of the molecule is O=C1CC(=Nc2ccccc2)NN1c1ccc(S(=O)(=O)O)cc1. The van der Waals surface area contributed by atoms with Gasteiger partial charge in [-0.3, -0.25) is 14.8 Å². The number of nitrogens with zero attached hydrogens (tertiary/aromatic N) is 2. The van der Waals surface area contributed by atoms with E-state index in [1.807, 2.05) is 30.3 Å². The predicted octanol–water partition coefficient (Wildman–Crippen LogP) is 1.90. The van der Waals surface area contributed by atoms with E-state index in [4.69, 9.17) is 4.55 Å². The molecule has 7 nitrogen and oxygen atoms in total. The molecular formula is C15H13N3O4S. The fraction of sp³-hybridized carbons (Fsp3) is 0.0667. The van der Waals surface area contributed by atoms with Gasteiger partial charge in [-0.05, 0) is 36.4 Å². The highest BCUT2D eigenvalue weighted by Crippen LogP contribution is 2.21. The number of hydrazine groups is 1. The van der Waals surface area contributed by atoms with E-state index in [0.717, 1.165) is 5.69 Å². The smallest absolute Gasteiger partial charge is 0.282 e. The number of hydrogen-bond donors (Lipinski definition) is 2. The van der Waals surface area contributed by atoms with Crippen molar-refractivity contribution in [2.24, 2.45) is 4.99 Å². The largest absolute Gasteiger partial charge is 0.294 e. The zero-order valence-electron chi connectivity index (χ0n) is 11.9. The lowest BCUT2D eigenvalue weighted by atomic mass is 10.3. The van der Waals surface area contributed by atoms with Gasteiger partial charge in [0.15, 0.2) is 0 Å². The summed E-state index contributed by atoms with van der Waals surface area (Å²) in [6.07, 6.45) is 0.120. The molecule has 2 aromatic rings. The Morgan fingerprint density at radius 1 is 1.04 bits per heavy atom. The Balaban J connectivity index is 1.82. The van der Waals surface area contributed by atoms with Crippen LogP contribution >= 0.6 is 0 Å². The molecule has 0 radical (unpaired) electrons. The van der Waals surface area contributed by atoms with E-state index in [1.54, 1.807) is 0 Å². The number of carbonyl (C=O) groups excluding carboxylic acids is 1. The lowest BCUT2D eigenvalue weighted by molar-refractivity contribution is -0.116. The first-order chi connectivity index (χ1) is 10.9. The molecule has 2 N–H and O–H groups in total. The number of carbonyl (C=O) groups is 1. The van der Waals surface area contributed by atoms with E-state index >= 15 is 0 Å². The van der Waals surface area contributed by atoms with Crippen molar-refractivity contribution < 1.29 is 17.8 Å². The summed E-state index contributed by atoms with van der Waals surface area (Å²) >= 11 is 0. The van der Waals surface area contributed by atoms with Crippen LogP contribution in [0.2, 0.25) is 0 Å². The predicted molar refractivity (Wildman–Crippen MR) is 85.0 cm³/mol. The number of amidine groups is 1. The Hall–Kier alpha value is -2.71. The Morgan fingerprint density at radius 2 is 1.70 bits per heavy atom. The maximum Gasteiger partial charge on any atom is 0.294 e. The molecule has 8 heteroatoms. The Labute approximate surface area is 133 Å². The minimum absolute atomic E-state index is 0.120. The van der Waals surface area contributed by atoms with E-state index in [0.29, 0.717) is 11.5 Å². The van der Waals surface area contributed by atoms with Crippen LogP contribution in [0.25, 0.3) is 0 Å². The van der Waals surface area contributed by atoms with Crippen molar-refractivity contribution in [2.45, 2.75) is 11.3 Å². The van der Waals surface area contributed by atoms with Crippen LogP contribution in [0.15, 0.2) is 64.5 Å². The van der Waals surface area contributed by atoms with Gasteiger partial charge >= 0.3 is 0 Å². The van der Waals surface area contributed by atoms with Gasteiger partial charge in [-0.25, -0.2) is 10.0 Å². The van der Waals surface area contributed by atoms with Crippen LogP contribution in [-0.4, -0.2) is 24.7 Å². The first-order valence-electron chi connectivity index (χ1n) is 6.73. The summed E-state index contributed by atoms with van der Waals surface area (Å²) < 4.78 is 31.0. The summed E-state index contributed by atoms with van der Waals surface area (Å²) in [5, 5.41) is 1.29. The first kappa shape index (κ1) is 15.2. The second-order valence-corrected chi connectivity index (χ2v) is 6.30. The summed E-state index contributed by atoms with van der Waals surface area (Å²) in [4.78, 5) is 16.2. The maximum absolute atomic E-state index is 12.1. The van der Waals surface area contributed by atoms with Crippen molar-refractivity contribution in [1.29, 1.82) is 0 Å². The van der Waals surface area contributed by atoms with Crippen LogP contribution in [0.5, 0.6) is 0 Å². The van der Waals surface area contributed by atoms with Crippen molar-refractivity contribution in [2.75, 3.05) is 5.01 Å². The quantitative estimate of drug-likeness (QED) is 0.837. The molecule has 0 saturated carbocycles. The Bertz CT molecular complexity index is 861. The summed E-state index contributed by atoms with van der Waals surface area (Å²) in [6.45, 7) is 0. The number of amides is 1. The van der Waals surface area contributed by atoms with E-state index in [-0.39, 0.29) is 17.2 Å². The molecule has 118 valence electrons. The third-order valence-electron chi connectivity index (χ3n) is 3.22. The Morgan fingerprint density at radius 3 is 2.30 bits per heavy atom. The fourth-order valence-electron chi connectivity index (χ4n) is 2.15. The van der Waals surface area contributed by atoms with E-state index in [1.165, 1.54) is 29.3 Å². The van der Waals surface area contributed by atoms with E-state index in [9.17, 15) is 13.2 Å². The summed E-state index contributed by atoms with van der Waals surface area (Å²) in [6, 6.07) is 14.5. The van der Waals surface area contributed by atoms with Crippen molar-refractivity contribution >= 4 is 33.2 Å². The highest BCUT2D eigenvalue weighted by atomic mass is 32.2. The molecule has 0 aliphatic carbocycles. The van der Waals surface area contributed by atoms with Crippen molar-refractivity contribution in [3.05, 3.63) is 54.6 Å². The molecule has 1 saturated heterocycles. The van der Waals surface area contributed by atoms with Crippen LogP contribution < -0.4 is 10.4 Å². The molecule has 1 fully saturated rings. The summed E-state index contributed by atoms with van der Waals surface area (Å²) in [5.74, 6) is 0.291. The van der Waals surface area contributed by atoms with Crippen molar-refractivity contribution in [1.82, 2.24) is 5.43 Å². The van der Waals surface area contributed by atoms with Gasteiger partial charge < -0.3 is 0 Å². The molecule has 1 heterocycles. The number of hydrogen-bond acceptors (Lipinski definition) is 4. The van der Waals surface area contributed by atoms with Crippen molar-refractivity contribution in [3.8, 4) is 0 Å².